The number of nitrogens with zero attached hydrogens (tertiary/aromatic N) is 1. The maximum Gasteiger partial charge on any atom is 0.227 e. The molecule has 0 saturated carbocycles. The van der Waals surface area contributed by atoms with Gasteiger partial charge in [0.15, 0.2) is 0 Å². The van der Waals surface area contributed by atoms with Gasteiger partial charge in [0.1, 0.15) is 11.6 Å². The van der Waals surface area contributed by atoms with Crippen molar-refractivity contribution < 1.29 is 13.6 Å². The molecular formula is C25H24F2N2O. The van der Waals surface area contributed by atoms with E-state index in [0.717, 1.165) is 42.7 Å². The third-order valence-electron chi connectivity index (χ3n) is 5.68. The van der Waals surface area contributed by atoms with Crippen molar-refractivity contribution in [3.05, 3.63) is 102 Å². The van der Waals surface area contributed by atoms with E-state index in [2.05, 4.69) is 10.2 Å². The summed E-state index contributed by atoms with van der Waals surface area (Å²) in [4.78, 5) is 14.9. The van der Waals surface area contributed by atoms with Gasteiger partial charge in [0, 0.05) is 11.6 Å². The van der Waals surface area contributed by atoms with Crippen LogP contribution in [0.3, 0.4) is 0 Å². The van der Waals surface area contributed by atoms with Crippen molar-refractivity contribution in [1.29, 1.82) is 0 Å². The van der Waals surface area contributed by atoms with E-state index in [4.69, 9.17) is 0 Å². The van der Waals surface area contributed by atoms with Crippen molar-refractivity contribution in [1.82, 2.24) is 4.90 Å². The molecule has 1 aliphatic rings. The Morgan fingerprint density at radius 1 is 0.800 bits per heavy atom. The molecule has 0 aromatic heterocycles. The highest BCUT2D eigenvalue weighted by Crippen LogP contribution is 2.33. The van der Waals surface area contributed by atoms with Gasteiger partial charge in [-0.3, -0.25) is 9.69 Å². The molecule has 1 aliphatic heterocycles. The zero-order valence-electron chi connectivity index (χ0n) is 16.6. The fourth-order valence-corrected chi connectivity index (χ4v) is 4.09. The summed E-state index contributed by atoms with van der Waals surface area (Å²) in [6, 6.07) is 22.3. The van der Waals surface area contributed by atoms with Crippen LogP contribution in [0.4, 0.5) is 14.5 Å². The minimum atomic E-state index is -0.284. The Morgan fingerprint density at radius 3 is 1.80 bits per heavy atom. The molecule has 1 N–H and O–H groups in total. The van der Waals surface area contributed by atoms with E-state index in [1.807, 2.05) is 30.3 Å². The summed E-state index contributed by atoms with van der Waals surface area (Å²) in [6.07, 6.45) is 1.47. The minimum absolute atomic E-state index is 0.0426. The lowest BCUT2D eigenvalue weighted by molar-refractivity contribution is -0.121. The molecule has 1 heterocycles. The van der Waals surface area contributed by atoms with Crippen LogP contribution in [0, 0.1) is 17.6 Å². The quantitative estimate of drug-likeness (QED) is 0.615. The Morgan fingerprint density at radius 2 is 1.30 bits per heavy atom. The first-order valence-electron chi connectivity index (χ1n) is 10.2. The normalized spacial score (nSPS) is 15.3. The molecular weight excluding hydrogens is 382 g/mol. The van der Waals surface area contributed by atoms with Crippen LogP contribution in [0.2, 0.25) is 0 Å². The molecule has 0 bridgehead atoms. The van der Waals surface area contributed by atoms with Crippen LogP contribution < -0.4 is 5.32 Å². The number of piperidine rings is 1. The number of carbonyl (C=O) groups excluding carboxylic acids is 1. The number of hydrogen-bond acceptors (Lipinski definition) is 2. The van der Waals surface area contributed by atoms with Gasteiger partial charge in [0.2, 0.25) is 5.91 Å². The summed E-state index contributed by atoms with van der Waals surface area (Å²) in [5.74, 6) is -0.578. The van der Waals surface area contributed by atoms with Gasteiger partial charge in [-0.2, -0.15) is 0 Å². The molecule has 1 fully saturated rings. The summed E-state index contributed by atoms with van der Waals surface area (Å²) in [7, 11) is 0. The summed E-state index contributed by atoms with van der Waals surface area (Å²) >= 11 is 0. The second-order valence-corrected chi connectivity index (χ2v) is 7.67. The molecule has 154 valence electrons. The summed E-state index contributed by atoms with van der Waals surface area (Å²) in [5, 5.41) is 2.99. The highest BCUT2D eigenvalue weighted by atomic mass is 19.1. The fraction of sp³-hybridized carbons (Fsp3) is 0.240. The summed E-state index contributed by atoms with van der Waals surface area (Å²) in [6.45, 7) is 1.46. The molecule has 4 rings (SSSR count). The van der Waals surface area contributed by atoms with Crippen LogP contribution in [0.5, 0.6) is 0 Å². The standard InChI is InChI=1S/C25H24F2N2O/c26-21-10-6-18(7-11-21)24(19-8-12-22(27)13-9-19)29-16-14-20(15-17-29)25(30)28-23-4-2-1-3-5-23/h1-13,20,24H,14-17H2,(H,28,30). The number of nitrogens with one attached hydrogen (secondary N) is 1. The lowest BCUT2D eigenvalue weighted by atomic mass is 9.90. The number of hydrogen-bond donors (Lipinski definition) is 1. The summed E-state index contributed by atoms with van der Waals surface area (Å²) < 4.78 is 26.9. The van der Waals surface area contributed by atoms with Crippen molar-refractivity contribution in [2.24, 2.45) is 5.92 Å². The van der Waals surface area contributed by atoms with Gasteiger partial charge in [0.25, 0.3) is 0 Å². The predicted octanol–water partition coefficient (Wildman–Crippen LogP) is 5.40. The zero-order chi connectivity index (χ0) is 20.9. The number of anilines is 1. The van der Waals surface area contributed by atoms with Crippen molar-refractivity contribution in [2.45, 2.75) is 18.9 Å². The molecule has 0 aliphatic carbocycles. The van der Waals surface area contributed by atoms with E-state index in [9.17, 15) is 13.6 Å². The first kappa shape index (κ1) is 20.2. The number of rotatable bonds is 5. The van der Waals surface area contributed by atoms with Gasteiger partial charge >= 0.3 is 0 Å². The van der Waals surface area contributed by atoms with Crippen LogP contribution in [0.15, 0.2) is 78.9 Å². The van der Waals surface area contributed by atoms with Gasteiger partial charge in [-0.05, 0) is 73.5 Å². The topological polar surface area (TPSA) is 32.3 Å². The molecule has 30 heavy (non-hydrogen) atoms. The van der Waals surface area contributed by atoms with Gasteiger partial charge < -0.3 is 5.32 Å². The van der Waals surface area contributed by atoms with Gasteiger partial charge in [-0.25, -0.2) is 8.78 Å². The average molecular weight is 406 g/mol. The Bertz CT molecular complexity index is 921. The van der Waals surface area contributed by atoms with E-state index in [0.29, 0.717) is 0 Å². The molecule has 3 aromatic rings. The Balaban J connectivity index is 1.48. The minimum Gasteiger partial charge on any atom is -0.326 e. The number of benzene rings is 3. The molecule has 0 unspecified atom stereocenters. The second kappa shape index (κ2) is 9.18. The lowest BCUT2D eigenvalue weighted by Crippen LogP contribution is -2.40. The molecule has 0 spiro atoms. The molecule has 1 amide bonds. The third kappa shape index (κ3) is 4.74. The first-order chi connectivity index (χ1) is 14.6. The molecule has 5 heteroatoms. The van der Waals surface area contributed by atoms with Gasteiger partial charge in [0.05, 0.1) is 6.04 Å². The maximum atomic E-state index is 13.5. The van der Waals surface area contributed by atoms with Crippen molar-refractivity contribution >= 4 is 11.6 Å². The van der Waals surface area contributed by atoms with E-state index >= 15 is 0 Å². The van der Waals surface area contributed by atoms with Crippen LogP contribution >= 0.6 is 0 Å². The van der Waals surface area contributed by atoms with Crippen LogP contribution in [0.25, 0.3) is 0 Å². The number of amides is 1. The van der Waals surface area contributed by atoms with Gasteiger partial charge in [-0.15, -0.1) is 0 Å². The fourth-order valence-electron chi connectivity index (χ4n) is 4.09. The zero-order valence-corrected chi connectivity index (χ0v) is 16.6. The van der Waals surface area contributed by atoms with Crippen LogP contribution in [-0.4, -0.2) is 23.9 Å². The molecule has 0 atom stereocenters. The second-order valence-electron chi connectivity index (χ2n) is 7.67. The Hall–Kier alpha value is -3.05. The molecule has 0 radical (unpaired) electrons. The van der Waals surface area contributed by atoms with E-state index in [-0.39, 0.29) is 29.5 Å². The van der Waals surface area contributed by atoms with Crippen molar-refractivity contribution in [3.8, 4) is 0 Å². The Labute approximate surface area is 175 Å². The molecule has 3 aromatic carbocycles. The van der Waals surface area contributed by atoms with Crippen molar-refractivity contribution in [2.75, 3.05) is 18.4 Å². The number of halogens is 2. The van der Waals surface area contributed by atoms with E-state index < -0.39 is 0 Å². The van der Waals surface area contributed by atoms with E-state index in [1.54, 1.807) is 24.3 Å². The predicted molar refractivity (Wildman–Crippen MR) is 114 cm³/mol. The van der Waals surface area contributed by atoms with Crippen LogP contribution in [-0.2, 0) is 4.79 Å². The highest BCUT2D eigenvalue weighted by molar-refractivity contribution is 5.92. The van der Waals surface area contributed by atoms with Gasteiger partial charge in [-0.1, -0.05) is 42.5 Å². The van der Waals surface area contributed by atoms with Crippen LogP contribution in [0.1, 0.15) is 30.0 Å². The third-order valence-corrected chi connectivity index (χ3v) is 5.68. The molecule has 3 nitrogen and oxygen atoms in total. The number of carbonyl (C=O) groups is 1. The Kier molecular flexibility index (Phi) is 6.19. The van der Waals surface area contributed by atoms with E-state index in [1.165, 1.54) is 24.3 Å². The lowest BCUT2D eigenvalue weighted by Gasteiger charge is -2.37. The maximum absolute atomic E-state index is 13.5. The highest BCUT2D eigenvalue weighted by Gasteiger charge is 2.30. The average Bonchev–Trinajstić information content (AvgIpc) is 2.78. The monoisotopic (exact) mass is 406 g/mol. The summed E-state index contributed by atoms with van der Waals surface area (Å²) in [5.41, 5.74) is 2.71. The number of likely N-dealkylation sites (tertiary alicyclic amines) is 1. The molecule has 1 saturated heterocycles. The largest absolute Gasteiger partial charge is 0.326 e. The smallest absolute Gasteiger partial charge is 0.227 e. The first-order valence-corrected chi connectivity index (χ1v) is 10.2. The SMILES string of the molecule is O=C(Nc1ccccc1)C1CCN(C(c2ccc(F)cc2)c2ccc(F)cc2)CC1. The van der Waals surface area contributed by atoms with Crippen molar-refractivity contribution in [3.63, 3.8) is 0 Å². The number of para-hydroxylation sites is 1.